The molecule has 1 unspecified atom stereocenters. The average molecular weight is 348 g/mol. The molecule has 25 heavy (non-hydrogen) atoms. The van der Waals surface area contributed by atoms with E-state index in [1.54, 1.807) is 0 Å². The van der Waals surface area contributed by atoms with Crippen LogP contribution in [0.15, 0.2) is 23.1 Å². The molecule has 4 N–H and O–H groups in total. The second kappa shape index (κ2) is 6.40. The number of Topliss-reactive ketones (excluding diaryl/α,β-unsaturated/α-hetero) is 1. The van der Waals surface area contributed by atoms with Crippen LogP contribution in [0, 0.1) is 0 Å². The van der Waals surface area contributed by atoms with Crippen molar-refractivity contribution in [2.24, 2.45) is 0 Å². The molecule has 2 aromatic rings. The summed E-state index contributed by atoms with van der Waals surface area (Å²) in [6.07, 6.45) is 0.848. The summed E-state index contributed by atoms with van der Waals surface area (Å²) in [5, 5.41) is 32.0. The number of carboxylic acid groups (broad SMARTS) is 1. The first kappa shape index (κ1) is 16.7. The first-order valence-electron chi connectivity index (χ1n) is 7.56. The first-order valence-corrected chi connectivity index (χ1v) is 7.56. The molecule has 1 aliphatic rings. The van der Waals surface area contributed by atoms with Gasteiger partial charge in [0, 0.05) is 25.3 Å². The summed E-state index contributed by atoms with van der Waals surface area (Å²) >= 11 is 0. The number of fused-ring (bicyclic) bond motifs is 1. The second-order valence-electron chi connectivity index (χ2n) is 5.73. The van der Waals surface area contributed by atoms with Crippen molar-refractivity contribution in [1.29, 1.82) is 0 Å². The van der Waals surface area contributed by atoms with Crippen LogP contribution in [0.1, 0.15) is 16.8 Å². The van der Waals surface area contributed by atoms with Gasteiger partial charge in [-0.2, -0.15) is 0 Å². The van der Waals surface area contributed by atoms with Crippen molar-refractivity contribution in [3.63, 3.8) is 0 Å². The monoisotopic (exact) mass is 348 g/mol. The lowest BCUT2D eigenvalue weighted by Crippen LogP contribution is -2.38. The number of rotatable bonds is 4. The molecule has 3 rings (SSSR count). The molecule has 1 fully saturated rings. The normalized spacial score (nSPS) is 17.1. The number of nitrogens with one attached hydrogen (secondary N) is 1. The predicted molar refractivity (Wildman–Crippen MR) is 85.2 cm³/mol. The third-order valence-corrected chi connectivity index (χ3v) is 4.17. The summed E-state index contributed by atoms with van der Waals surface area (Å²) in [4.78, 5) is 40.4. The van der Waals surface area contributed by atoms with Crippen molar-refractivity contribution in [2.45, 2.75) is 12.5 Å². The molecule has 1 saturated heterocycles. The fourth-order valence-electron chi connectivity index (χ4n) is 2.87. The maximum Gasteiger partial charge on any atom is 0.407 e. The van der Waals surface area contributed by atoms with E-state index in [2.05, 4.69) is 10.3 Å². The van der Waals surface area contributed by atoms with Crippen LogP contribution >= 0.6 is 0 Å². The van der Waals surface area contributed by atoms with E-state index in [4.69, 9.17) is 5.11 Å². The minimum Gasteiger partial charge on any atom is -0.506 e. The van der Waals surface area contributed by atoms with E-state index < -0.39 is 28.7 Å². The van der Waals surface area contributed by atoms with E-state index >= 15 is 0 Å². The minimum atomic E-state index is -1.06. The molecule has 10 nitrogen and oxygen atoms in total. The zero-order valence-electron chi connectivity index (χ0n) is 13.0. The molecule has 1 atom stereocenters. The molecule has 2 aromatic heterocycles. The van der Waals surface area contributed by atoms with Crippen molar-refractivity contribution in [3.8, 4) is 5.75 Å². The van der Waals surface area contributed by atoms with Crippen molar-refractivity contribution >= 4 is 22.9 Å². The summed E-state index contributed by atoms with van der Waals surface area (Å²) in [6.45, 7) is 0.324. The maximum absolute atomic E-state index is 12.4. The van der Waals surface area contributed by atoms with E-state index in [1.165, 1.54) is 23.2 Å². The summed E-state index contributed by atoms with van der Waals surface area (Å²) in [5.74, 6) is -1.24. The number of likely N-dealkylation sites (tertiary alicyclic amines) is 1. The van der Waals surface area contributed by atoms with E-state index in [1.807, 2.05) is 0 Å². The van der Waals surface area contributed by atoms with Crippen molar-refractivity contribution in [3.05, 3.63) is 34.2 Å². The molecule has 1 amide bonds. The van der Waals surface area contributed by atoms with Gasteiger partial charge in [-0.05, 0) is 18.6 Å². The predicted octanol–water partition coefficient (Wildman–Crippen LogP) is -0.136. The fourth-order valence-corrected chi connectivity index (χ4v) is 2.87. The Kier molecular flexibility index (Phi) is 4.28. The molecule has 0 saturated carbocycles. The van der Waals surface area contributed by atoms with Crippen LogP contribution in [0.5, 0.6) is 5.75 Å². The Balaban J connectivity index is 1.81. The van der Waals surface area contributed by atoms with E-state index in [9.17, 15) is 24.7 Å². The average Bonchev–Trinajstić information content (AvgIpc) is 3.07. The summed E-state index contributed by atoms with van der Waals surface area (Å²) in [7, 11) is 0. The highest BCUT2D eigenvalue weighted by Gasteiger charge is 2.27. The lowest BCUT2D eigenvalue weighted by atomic mass is 10.1. The second-order valence-corrected chi connectivity index (χ2v) is 5.73. The molecular formula is C15H16N4O6. The lowest BCUT2D eigenvalue weighted by Gasteiger charge is -2.14. The number of aromatic hydroxyl groups is 1. The zero-order chi connectivity index (χ0) is 18.1. The highest BCUT2D eigenvalue weighted by atomic mass is 16.5. The molecule has 10 heteroatoms. The lowest BCUT2D eigenvalue weighted by molar-refractivity contribution is 0.0977. The maximum atomic E-state index is 12.4. The van der Waals surface area contributed by atoms with Crippen LogP contribution in [0.25, 0.3) is 11.0 Å². The number of pyridine rings is 2. The number of amides is 1. The van der Waals surface area contributed by atoms with Gasteiger partial charge >= 0.3 is 6.09 Å². The Morgan fingerprint density at radius 2 is 2.16 bits per heavy atom. The standard InChI is InChI=1S/C15H16N4O6/c20-10(6-17-8-3-5-18(7-8)15(23)24)11-12(21)9-2-1-4-16-13(9)19(25)14(11)22/h1-2,4,8,17,21,25H,3,5-7H2,(H,23,24). The molecule has 3 heterocycles. The Labute approximate surface area is 140 Å². The number of ketones is 1. The van der Waals surface area contributed by atoms with Gasteiger partial charge in [-0.15, -0.1) is 4.73 Å². The molecule has 0 aromatic carbocycles. The fraction of sp³-hybridized carbons (Fsp3) is 0.333. The largest absolute Gasteiger partial charge is 0.506 e. The number of hydrogen-bond donors (Lipinski definition) is 4. The zero-order valence-corrected chi connectivity index (χ0v) is 13.0. The van der Waals surface area contributed by atoms with Crippen LogP contribution < -0.4 is 10.9 Å². The Bertz CT molecular complexity index is 909. The van der Waals surface area contributed by atoms with Crippen LogP contribution in [-0.4, -0.2) is 67.6 Å². The summed E-state index contributed by atoms with van der Waals surface area (Å²) in [5.41, 5.74) is -1.75. The van der Waals surface area contributed by atoms with Gasteiger partial charge in [-0.25, -0.2) is 9.78 Å². The van der Waals surface area contributed by atoms with Crippen LogP contribution in [0.3, 0.4) is 0 Å². The Morgan fingerprint density at radius 3 is 2.84 bits per heavy atom. The number of carbonyl (C=O) groups excluding carboxylic acids is 1. The van der Waals surface area contributed by atoms with Gasteiger partial charge in [0.2, 0.25) is 0 Å². The SMILES string of the molecule is O=C(CNC1CCN(C(=O)O)C1)c1c(O)c2cccnc2n(O)c1=O. The third kappa shape index (κ3) is 2.98. The molecule has 0 radical (unpaired) electrons. The first-order chi connectivity index (χ1) is 11.9. The van der Waals surface area contributed by atoms with Gasteiger partial charge in [-0.1, -0.05) is 0 Å². The van der Waals surface area contributed by atoms with E-state index in [0.29, 0.717) is 13.0 Å². The van der Waals surface area contributed by atoms with Crippen LogP contribution in [0.2, 0.25) is 0 Å². The van der Waals surface area contributed by atoms with E-state index in [-0.39, 0.29) is 34.9 Å². The number of aromatic nitrogens is 2. The highest BCUT2D eigenvalue weighted by Crippen LogP contribution is 2.24. The van der Waals surface area contributed by atoms with Gasteiger partial charge in [0.1, 0.15) is 11.3 Å². The molecule has 0 spiro atoms. The van der Waals surface area contributed by atoms with Gasteiger partial charge in [-0.3, -0.25) is 9.59 Å². The molecule has 1 aliphatic heterocycles. The van der Waals surface area contributed by atoms with Crippen molar-refractivity contribution in [2.75, 3.05) is 19.6 Å². The third-order valence-electron chi connectivity index (χ3n) is 4.17. The van der Waals surface area contributed by atoms with Gasteiger partial charge in [0.25, 0.3) is 5.56 Å². The number of carbonyl (C=O) groups is 2. The smallest absolute Gasteiger partial charge is 0.407 e. The van der Waals surface area contributed by atoms with Gasteiger partial charge in [0.05, 0.1) is 11.9 Å². The van der Waals surface area contributed by atoms with Crippen LogP contribution in [-0.2, 0) is 0 Å². The minimum absolute atomic E-state index is 0.0749. The summed E-state index contributed by atoms with van der Waals surface area (Å²) in [6, 6.07) is 2.70. The Morgan fingerprint density at radius 1 is 1.40 bits per heavy atom. The topological polar surface area (TPSA) is 145 Å². The van der Waals surface area contributed by atoms with Gasteiger partial charge in [0.15, 0.2) is 11.4 Å². The van der Waals surface area contributed by atoms with Gasteiger partial charge < -0.3 is 25.6 Å². The highest BCUT2D eigenvalue weighted by molar-refractivity contribution is 6.03. The Hall–Kier alpha value is -3.14. The van der Waals surface area contributed by atoms with Crippen molar-refractivity contribution in [1.82, 2.24) is 19.9 Å². The summed E-state index contributed by atoms with van der Waals surface area (Å²) < 4.78 is 0.226. The van der Waals surface area contributed by atoms with Crippen molar-refractivity contribution < 1.29 is 25.0 Å². The number of nitrogens with zero attached hydrogens (tertiary/aromatic N) is 3. The molecule has 0 bridgehead atoms. The van der Waals surface area contributed by atoms with E-state index in [0.717, 1.165) is 0 Å². The molecular weight excluding hydrogens is 332 g/mol. The number of hydrogen-bond acceptors (Lipinski definition) is 7. The quantitative estimate of drug-likeness (QED) is 0.441. The van der Waals surface area contributed by atoms with Crippen LogP contribution in [0.4, 0.5) is 4.79 Å². The molecule has 132 valence electrons. The molecule has 0 aliphatic carbocycles.